The van der Waals surface area contributed by atoms with Gasteiger partial charge in [0.15, 0.2) is 11.5 Å². The van der Waals surface area contributed by atoms with Crippen molar-refractivity contribution in [2.75, 3.05) is 13.3 Å². The van der Waals surface area contributed by atoms with Crippen molar-refractivity contribution in [3.05, 3.63) is 58.1 Å². The second kappa shape index (κ2) is 6.47. The van der Waals surface area contributed by atoms with E-state index in [1.807, 2.05) is 42.5 Å². The summed E-state index contributed by atoms with van der Waals surface area (Å²) in [6.07, 6.45) is -0.511. The van der Waals surface area contributed by atoms with E-state index in [4.69, 9.17) is 9.47 Å². The van der Waals surface area contributed by atoms with Crippen LogP contribution in [0, 0.1) is 0 Å². The average molecular weight is 350 g/mol. The van der Waals surface area contributed by atoms with Crippen LogP contribution in [-0.4, -0.2) is 18.4 Å². The van der Waals surface area contributed by atoms with E-state index in [-0.39, 0.29) is 6.79 Å². The number of rotatable bonds is 5. The number of aliphatic hydroxyl groups is 1. The lowest BCUT2D eigenvalue weighted by Crippen LogP contribution is -2.21. The van der Waals surface area contributed by atoms with E-state index >= 15 is 0 Å². The van der Waals surface area contributed by atoms with Gasteiger partial charge in [-0.25, -0.2) is 0 Å². The van der Waals surface area contributed by atoms with Gasteiger partial charge >= 0.3 is 0 Å². The largest absolute Gasteiger partial charge is 0.454 e. The molecule has 1 aliphatic heterocycles. The Hall–Kier alpha value is -1.56. The van der Waals surface area contributed by atoms with Crippen molar-refractivity contribution in [2.24, 2.45) is 0 Å². The van der Waals surface area contributed by atoms with Crippen molar-refractivity contribution in [1.29, 1.82) is 0 Å². The predicted octanol–water partition coefficient (Wildman–Crippen LogP) is 3.00. The highest BCUT2D eigenvalue weighted by molar-refractivity contribution is 9.10. The van der Waals surface area contributed by atoms with Gasteiger partial charge in [-0.1, -0.05) is 30.3 Å². The molecule has 0 bridgehead atoms. The highest BCUT2D eigenvalue weighted by atomic mass is 79.9. The molecule has 1 unspecified atom stereocenters. The molecule has 0 saturated heterocycles. The molecule has 1 atom stereocenters. The average Bonchev–Trinajstić information content (AvgIpc) is 2.97. The predicted molar refractivity (Wildman–Crippen MR) is 83.4 cm³/mol. The number of hydrogen-bond acceptors (Lipinski definition) is 4. The summed E-state index contributed by atoms with van der Waals surface area (Å²) in [6.45, 7) is 1.41. The van der Waals surface area contributed by atoms with Crippen molar-refractivity contribution in [3.8, 4) is 11.5 Å². The minimum atomic E-state index is -0.511. The van der Waals surface area contributed by atoms with Crippen LogP contribution in [0.2, 0.25) is 0 Å². The van der Waals surface area contributed by atoms with Gasteiger partial charge in [-0.2, -0.15) is 0 Å². The van der Waals surface area contributed by atoms with Crippen molar-refractivity contribution < 1.29 is 14.6 Å². The fraction of sp³-hybridized carbons (Fsp3) is 0.250. The Morgan fingerprint density at radius 1 is 1.19 bits per heavy atom. The van der Waals surface area contributed by atoms with Crippen LogP contribution >= 0.6 is 15.9 Å². The minimum Gasteiger partial charge on any atom is -0.454 e. The summed E-state index contributed by atoms with van der Waals surface area (Å²) in [5.41, 5.74) is 1.99. The number of ether oxygens (including phenoxy) is 2. The molecule has 4 nitrogen and oxygen atoms in total. The molecule has 5 heteroatoms. The molecule has 21 heavy (non-hydrogen) atoms. The first-order chi connectivity index (χ1) is 10.2. The number of fused-ring (bicyclic) bond motifs is 1. The molecule has 1 aliphatic rings. The van der Waals surface area contributed by atoms with Crippen LogP contribution in [0.15, 0.2) is 46.9 Å². The van der Waals surface area contributed by atoms with E-state index < -0.39 is 6.10 Å². The van der Waals surface area contributed by atoms with Crippen LogP contribution in [0.5, 0.6) is 11.5 Å². The lowest BCUT2D eigenvalue weighted by molar-refractivity contribution is 0.173. The fourth-order valence-electron chi connectivity index (χ4n) is 2.27. The number of aliphatic hydroxyl groups excluding tert-OH is 1. The Morgan fingerprint density at radius 2 is 2.00 bits per heavy atom. The van der Waals surface area contributed by atoms with Gasteiger partial charge in [0.2, 0.25) is 6.79 Å². The number of nitrogens with one attached hydrogen (secondary N) is 1. The van der Waals surface area contributed by atoms with Crippen LogP contribution in [0.4, 0.5) is 0 Å². The summed E-state index contributed by atoms with van der Waals surface area (Å²) in [5, 5.41) is 13.3. The molecule has 3 rings (SSSR count). The highest BCUT2D eigenvalue weighted by Crippen LogP contribution is 2.39. The second-order valence-electron chi connectivity index (χ2n) is 4.87. The topological polar surface area (TPSA) is 50.7 Å². The van der Waals surface area contributed by atoms with Gasteiger partial charge in [-0.05, 0) is 39.2 Å². The van der Waals surface area contributed by atoms with Gasteiger partial charge in [-0.15, -0.1) is 0 Å². The van der Waals surface area contributed by atoms with Gasteiger partial charge in [0, 0.05) is 13.1 Å². The van der Waals surface area contributed by atoms with Crippen LogP contribution in [0.1, 0.15) is 17.2 Å². The van der Waals surface area contributed by atoms with Crippen LogP contribution in [-0.2, 0) is 6.54 Å². The lowest BCUT2D eigenvalue weighted by Gasteiger charge is -2.12. The molecule has 2 aromatic carbocycles. The maximum atomic E-state index is 10.1. The summed E-state index contributed by atoms with van der Waals surface area (Å²) in [6, 6.07) is 13.6. The van der Waals surface area contributed by atoms with Crippen molar-refractivity contribution in [1.82, 2.24) is 5.32 Å². The van der Waals surface area contributed by atoms with E-state index in [1.165, 1.54) is 0 Å². The zero-order chi connectivity index (χ0) is 14.7. The first-order valence-corrected chi connectivity index (χ1v) is 7.55. The third-order valence-electron chi connectivity index (χ3n) is 3.34. The molecule has 0 aliphatic carbocycles. The van der Waals surface area contributed by atoms with E-state index in [0.29, 0.717) is 13.1 Å². The standard InChI is InChI=1S/C16H16BrNO3/c17-13-6-11(7-15-16(13)21-10-20-15)8-18-9-14(19)12-4-2-1-3-5-12/h1-7,14,18-19H,8-10H2. The van der Waals surface area contributed by atoms with Gasteiger partial charge in [0.1, 0.15) is 0 Å². The molecule has 2 aromatic rings. The summed E-state index contributed by atoms with van der Waals surface area (Å²) in [5.74, 6) is 1.51. The molecule has 0 radical (unpaired) electrons. The molecule has 0 saturated carbocycles. The van der Waals surface area contributed by atoms with Gasteiger partial charge in [0.05, 0.1) is 10.6 Å². The van der Waals surface area contributed by atoms with E-state index in [9.17, 15) is 5.11 Å². The minimum absolute atomic E-state index is 0.261. The monoisotopic (exact) mass is 349 g/mol. The Labute approximate surface area is 131 Å². The Morgan fingerprint density at radius 3 is 2.81 bits per heavy atom. The Bertz CT molecular complexity index is 618. The van der Waals surface area contributed by atoms with Gasteiger partial charge in [0.25, 0.3) is 0 Å². The third kappa shape index (κ3) is 3.37. The summed E-state index contributed by atoms with van der Waals surface area (Å²) in [4.78, 5) is 0. The van der Waals surface area contributed by atoms with Gasteiger partial charge in [-0.3, -0.25) is 0 Å². The molecule has 0 spiro atoms. The maximum absolute atomic E-state index is 10.1. The first-order valence-electron chi connectivity index (χ1n) is 6.76. The second-order valence-corrected chi connectivity index (χ2v) is 5.72. The van der Waals surface area contributed by atoms with Crippen molar-refractivity contribution >= 4 is 15.9 Å². The molecular formula is C16H16BrNO3. The lowest BCUT2D eigenvalue weighted by atomic mass is 10.1. The smallest absolute Gasteiger partial charge is 0.231 e. The molecular weight excluding hydrogens is 334 g/mol. The van der Waals surface area contributed by atoms with Gasteiger partial charge < -0.3 is 19.9 Å². The molecule has 2 N–H and O–H groups in total. The third-order valence-corrected chi connectivity index (χ3v) is 3.93. The van der Waals surface area contributed by atoms with Crippen molar-refractivity contribution in [3.63, 3.8) is 0 Å². The van der Waals surface area contributed by atoms with E-state index in [2.05, 4.69) is 21.2 Å². The summed E-state index contributed by atoms with van der Waals surface area (Å²) >= 11 is 3.47. The number of halogens is 1. The fourth-order valence-corrected chi connectivity index (χ4v) is 2.87. The Kier molecular flexibility index (Phi) is 4.43. The molecule has 110 valence electrons. The highest BCUT2D eigenvalue weighted by Gasteiger charge is 2.17. The molecule has 0 fully saturated rings. The van der Waals surface area contributed by atoms with Crippen molar-refractivity contribution in [2.45, 2.75) is 12.6 Å². The first kappa shape index (κ1) is 14.4. The number of benzene rings is 2. The van der Waals surface area contributed by atoms with E-state index in [0.717, 1.165) is 27.1 Å². The van der Waals surface area contributed by atoms with Crippen LogP contribution in [0.3, 0.4) is 0 Å². The molecule has 1 heterocycles. The maximum Gasteiger partial charge on any atom is 0.231 e. The number of hydrogen-bond donors (Lipinski definition) is 2. The summed E-state index contributed by atoms with van der Waals surface area (Å²) in [7, 11) is 0. The van der Waals surface area contributed by atoms with E-state index in [1.54, 1.807) is 0 Å². The Balaban J connectivity index is 1.57. The molecule has 0 amide bonds. The zero-order valence-corrected chi connectivity index (χ0v) is 13.0. The summed E-state index contributed by atoms with van der Waals surface area (Å²) < 4.78 is 11.6. The van der Waals surface area contributed by atoms with Crippen LogP contribution in [0.25, 0.3) is 0 Å². The quantitative estimate of drug-likeness (QED) is 0.871. The zero-order valence-electron chi connectivity index (χ0n) is 11.4. The van der Waals surface area contributed by atoms with Crippen LogP contribution < -0.4 is 14.8 Å². The molecule has 0 aromatic heterocycles. The normalized spacial score (nSPS) is 14.2. The SMILES string of the molecule is OC(CNCc1cc(Br)c2c(c1)OCO2)c1ccccc1.